The summed E-state index contributed by atoms with van der Waals surface area (Å²) in [6.07, 6.45) is -0.197. The van der Waals surface area contributed by atoms with E-state index in [1.54, 1.807) is 21.1 Å². The van der Waals surface area contributed by atoms with Crippen LogP contribution in [0.3, 0.4) is 0 Å². The Kier molecular flexibility index (Phi) is 8.51. The zero-order valence-electron chi connectivity index (χ0n) is 9.04. The van der Waals surface area contributed by atoms with Crippen molar-refractivity contribution in [2.24, 2.45) is 0 Å². The van der Waals surface area contributed by atoms with Crippen molar-refractivity contribution < 1.29 is 19.0 Å². The summed E-state index contributed by atoms with van der Waals surface area (Å²) in [7, 11) is 3.18. The maximum atomic E-state index is 11.1. The van der Waals surface area contributed by atoms with E-state index in [2.05, 4.69) is 5.32 Å². The van der Waals surface area contributed by atoms with Gasteiger partial charge in [0.25, 0.3) is 0 Å². The molecule has 14 heavy (non-hydrogen) atoms. The van der Waals surface area contributed by atoms with Gasteiger partial charge in [-0.2, -0.15) is 0 Å². The van der Waals surface area contributed by atoms with Crippen LogP contribution in [0.15, 0.2) is 0 Å². The lowest BCUT2D eigenvalue weighted by Crippen LogP contribution is -2.30. The Bertz CT molecular complexity index is 152. The van der Waals surface area contributed by atoms with Gasteiger partial charge in [0.15, 0.2) is 0 Å². The van der Waals surface area contributed by atoms with Gasteiger partial charge < -0.3 is 19.5 Å². The summed E-state index contributed by atoms with van der Waals surface area (Å²) in [6.45, 7) is 3.64. The maximum absolute atomic E-state index is 11.1. The Balaban J connectivity index is 3.35. The molecular formula is C9H19NO4. The van der Waals surface area contributed by atoms with Crippen molar-refractivity contribution in [1.82, 2.24) is 5.32 Å². The minimum absolute atomic E-state index is 0.197. The fourth-order valence-corrected chi connectivity index (χ4v) is 0.899. The first-order valence-electron chi connectivity index (χ1n) is 4.58. The Morgan fingerprint density at radius 3 is 2.64 bits per heavy atom. The number of carbonyl (C=O) groups is 1. The fraction of sp³-hybridized carbons (Fsp3) is 0.889. The summed E-state index contributed by atoms with van der Waals surface area (Å²) in [5.74, 6) is -0.273. The van der Waals surface area contributed by atoms with Gasteiger partial charge in [-0.15, -0.1) is 0 Å². The van der Waals surface area contributed by atoms with E-state index in [9.17, 15) is 4.79 Å². The van der Waals surface area contributed by atoms with Crippen molar-refractivity contribution >= 4 is 5.97 Å². The normalized spacial score (nSPS) is 12.5. The van der Waals surface area contributed by atoms with Crippen molar-refractivity contribution in [3.8, 4) is 0 Å². The highest BCUT2D eigenvalue weighted by molar-refractivity contribution is 5.71. The molecule has 1 atom stereocenters. The van der Waals surface area contributed by atoms with Crippen molar-refractivity contribution in [3.63, 3.8) is 0 Å². The quantitative estimate of drug-likeness (QED) is 0.439. The summed E-state index contributed by atoms with van der Waals surface area (Å²) < 4.78 is 14.6. The van der Waals surface area contributed by atoms with Crippen LogP contribution in [0.4, 0.5) is 0 Å². The molecule has 1 N–H and O–H groups in total. The first kappa shape index (κ1) is 13.4. The first-order valence-corrected chi connectivity index (χ1v) is 4.58. The Morgan fingerprint density at radius 2 is 2.07 bits per heavy atom. The largest absolute Gasteiger partial charge is 0.459 e. The standard InChI is InChI=1S/C9H19NO4/c1-8(7-13-3)14-9(11)6-10-4-5-12-2/h8,10H,4-7H2,1-3H3. The van der Waals surface area contributed by atoms with E-state index >= 15 is 0 Å². The van der Waals surface area contributed by atoms with Crippen LogP contribution >= 0.6 is 0 Å². The van der Waals surface area contributed by atoms with E-state index in [4.69, 9.17) is 14.2 Å². The molecule has 0 aromatic heterocycles. The fourth-order valence-electron chi connectivity index (χ4n) is 0.899. The molecule has 0 spiro atoms. The highest BCUT2D eigenvalue weighted by Gasteiger charge is 2.07. The molecular weight excluding hydrogens is 186 g/mol. The van der Waals surface area contributed by atoms with Gasteiger partial charge in [-0.05, 0) is 6.92 Å². The molecule has 5 heteroatoms. The van der Waals surface area contributed by atoms with Gasteiger partial charge in [0, 0.05) is 20.8 Å². The third-order valence-corrected chi connectivity index (χ3v) is 1.49. The summed E-state index contributed by atoms with van der Waals surface area (Å²) in [5.41, 5.74) is 0. The van der Waals surface area contributed by atoms with Crippen molar-refractivity contribution in [1.29, 1.82) is 0 Å². The summed E-state index contributed by atoms with van der Waals surface area (Å²) >= 11 is 0. The Morgan fingerprint density at radius 1 is 1.36 bits per heavy atom. The second kappa shape index (κ2) is 8.93. The molecule has 5 nitrogen and oxygen atoms in total. The van der Waals surface area contributed by atoms with E-state index in [1.807, 2.05) is 0 Å². The second-order valence-electron chi connectivity index (χ2n) is 2.93. The van der Waals surface area contributed by atoms with Crippen LogP contribution in [0, 0.1) is 0 Å². The smallest absolute Gasteiger partial charge is 0.320 e. The van der Waals surface area contributed by atoms with Crippen LogP contribution in [0.2, 0.25) is 0 Å². The van der Waals surface area contributed by atoms with Crippen LogP contribution < -0.4 is 5.32 Å². The first-order chi connectivity index (χ1) is 6.70. The molecule has 0 aliphatic heterocycles. The number of esters is 1. The topological polar surface area (TPSA) is 56.8 Å². The van der Waals surface area contributed by atoms with Crippen molar-refractivity contribution in [3.05, 3.63) is 0 Å². The van der Waals surface area contributed by atoms with Crippen molar-refractivity contribution in [2.45, 2.75) is 13.0 Å². The SMILES string of the molecule is COCCNCC(=O)OC(C)COC. The molecule has 0 aromatic carbocycles. The third kappa shape index (κ3) is 7.97. The molecule has 0 fully saturated rings. The molecule has 0 heterocycles. The van der Waals surface area contributed by atoms with Gasteiger partial charge in [0.1, 0.15) is 6.10 Å². The zero-order chi connectivity index (χ0) is 10.8. The predicted octanol–water partition coefficient (Wildman–Crippen LogP) is -0.199. The molecule has 0 saturated heterocycles. The number of hydrogen-bond acceptors (Lipinski definition) is 5. The monoisotopic (exact) mass is 205 g/mol. The van der Waals surface area contributed by atoms with Gasteiger partial charge in [-0.1, -0.05) is 0 Å². The van der Waals surface area contributed by atoms with Crippen LogP contribution in [0.5, 0.6) is 0 Å². The second-order valence-corrected chi connectivity index (χ2v) is 2.93. The van der Waals surface area contributed by atoms with Gasteiger partial charge in [0.2, 0.25) is 0 Å². The molecule has 0 amide bonds. The summed E-state index contributed by atoms with van der Waals surface area (Å²) in [6, 6.07) is 0. The molecule has 0 radical (unpaired) electrons. The van der Waals surface area contributed by atoms with E-state index in [1.165, 1.54) is 0 Å². The third-order valence-electron chi connectivity index (χ3n) is 1.49. The maximum Gasteiger partial charge on any atom is 0.320 e. The van der Waals surface area contributed by atoms with E-state index in [-0.39, 0.29) is 18.6 Å². The molecule has 84 valence electrons. The van der Waals surface area contributed by atoms with Gasteiger partial charge in [-0.3, -0.25) is 4.79 Å². The number of carbonyl (C=O) groups excluding carboxylic acids is 1. The van der Waals surface area contributed by atoms with E-state index in [0.717, 1.165) is 0 Å². The minimum Gasteiger partial charge on any atom is -0.459 e. The number of nitrogens with one attached hydrogen (secondary N) is 1. The average Bonchev–Trinajstić information content (AvgIpc) is 2.13. The molecule has 0 bridgehead atoms. The molecule has 1 unspecified atom stereocenters. The Hall–Kier alpha value is -0.650. The van der Waals surface area contributed by atoms with Gasteiger partial charge in [-0.25, -0.2) is 0 Å². The van der Waals surface area contributed by atoms with Crippen LogP contribution in [-0.2, 0) is 19.0 Å². The summed E-state index contributed by atoms with van der Waals surface area (Å²) in [5, 5.41) is 2.89. The van der Waals surface area contributed by atoms with Crippen LogP contribution in [0.1, 0.15) is 6.92 Å². The highest BCUT2D eigenvalue weighted by atomic mass is 16.6. The lowest BCUT2D eigenvalue weighted by Gasteiger charge is -2.12. The summed E-state index contributed by atoms with van der Waals surface area (Å²) in [4.78, 5) is 11.1. The average molecular weight is 205 g/mol. The number of methoxy groups -OCH3 is 2. The van der Waals surface area contributed by atoms with Crippen LogP contribution in [-0.4, -0.2) is 52.6 Å². The lowest BCUT2D eigenvalue weighted by atomic mass is 10.4. The molecule has 0 aliphatic rings. The molecule has 0 aromatic rings. The number of rotatable bonds is 8. The predicted molar refractivity (Wildman–Crippen MR) is 52.2 cm³/mol. The molecule has 0 aliphatic carbocycles. The molecule has 0 saturated carbocycles. The van der Waals surface area contributed by atoms with Crippen LogP contribution in [0.25, 0.3) is 0 Å². The van der Waals surface area contributed by atoms with E-state index in [0.29, 0.717) is 19.8 Å². The number of hydrogen-bond donors (Lipinski definition) is 1. The van der Waals surface area contributed by atoms with Gasteiger partial charge >= 0.3 is 5.97 Å². The minimum atomic E-state index is -0.273. The van der Waals surface area contributed by atoms with Gasteiger partial charge in [0.05, 0.1) is 19.8 Å². The van der Waals surface area contributed by atoms with Crippen molar-refractivity contribution in [2.75, 3.05) is 40.5 Å². The molecule has 0 rings (SSSR count). The Labute approximate surface area is 84.7 Å². The highest BCUT2D eigenvalue weighted by Crippen LogP contribution is 1.90. The number of ether oxygens (including phenoxy) is 3. The van der Waals surface area contributed by atoms with E-state index < -0.39 is 0 Å². The lowest BCUT2D eigenvalue weighted by molar-refractivity contribution is -0.149. The zero-order valence-corrected chi connectivity index (χ0v) is 9.04.